The first kappa shape index (κ1) is 16.8. The van der Waals surface area contributed by atoms with Crippen molar-refractivity contribution in [2.45, 2.75) is 13.3 Å². The lowest BCUT2D eigenvalue weighted by Crippen LogP contribution is -2.11. The van der Waals surface area contributed by atoms with Gasteiger partial charge in [-0.15, -0.1) is 0 Å². The molecule has 0 aromatic heterocycles. The molecule has 3 aromatic rings. The van der Waals surface area contributed by atoms with Gasteiger partial charge >= 0.3 is 5.97 Å². The Hall–Kier alpha value is -3.01. The second-order valence-corrected chi connectivity index (χ2v) is 5.91. The number of anilines is 1. The van der Waals surface area contributed by atoms with Gasteiger partial charge in [0, 0.05) is 11.9 Å². The van der Waals surface area contributed by atoms with Gasteiger partial charge in [-0.1, -0.05) is 48.5 Å². The van der Waals surface area contributed by atoms with Crippen LogP contribution in [0.25, 0.3) is 10.8 Å². The number of fused-ring (bicyclic) bond motifs is 1. The molecule has 0 spiro atoms. The summed E-state index contributed by atoms with van der Waals surface area (Å²) < 4.78 is 5.91. The van der Waals surface area contributed by atoms with Gasteiger partial charge in [-0.25, -0.2) is 4.79 Å². The summed E-state index contributed by atoms with van der Waals surface area (Å²) in [5, 5.41) is 14.8. The Balaban J connectivity index is 1.57. The fourth-order valence-electron chi connectivity index (χ4n) is 2.87. The quantitative estimate of drug-likeness (QED) is 0.613. The van der Waals surface area contributed by atoms with E-state index in [1.165, 1.54) is 0 Å². The van der Waals surface area contributed by atoms with Crippen LogP contribution in [0.4, 0.5) is 5.69 Å². The lowest BCUT2D eigenvalue weighted by molar-refractivity contribution is 0.0698. The summed E-state index contributed by atoms with van der Waals surface area (Å²) in [6.45, 7) is 3.12. The van der Waals surface area contributed by atoms with E-state index in [4.69, 9.17) is 4.74 Å². The topological polar surface area (TPSA) is 58.6 Å². The van der Waals surface area contributed by atoms with E-state index in [9.17, 15) is 9.90 Å². The van der Waals surface area contributed by atoms with Gasteiger partial charge in [0.1, 0.15) is 5.75 Å². The van der Waals surface area contributed by atoms with Crippen molar-refractivity contribution in [3.8, 4) is 5.75 Å². The molecule has 0 amide bonds. The van der Waals surface area contributed by atoms with Crippen molar-refractivity contribution in [2.24, 2.45) is 0 Å². The monoisotopic (exact) mass is 335 g/mol. The summed E-state index contributed by atoms with van der Waals surface area (Å²) in [5.41, 5.74) is 1.91. The Bertz CT molecular complexity index is 884. The van der Waals surface area contributed by atoms with Crippen LogP contribution in [-0.2, 0) is 0 Å². The van der Waals surface area contributed by atoms with E-state index in [1.54, 1.807) is 12.1 Å². The molecule has 0 aliphatic heterocycles. The molecule has 0 fully saturated rings. The fraction of sp³-hybridized carbons (Fsp3) is 0.190. The van der Waals surface area contributed by atoms with Crippen molar-refractivity contribution in [3.63, 3.8) is 0 Å². The lowest BCUT2D eigenvalue weighted by Gasteiger charge is -2.13. The van der Waals surface area contributed by atoms with Crippen molar-refractivity contribution >= 4 is 22.4 Å². The molecule has 4 nitrogen and oxygen atoms in total. The average Bonchev–Trinajstić information content (AvgIpc) is 2.62. The number of benzene rings is 3. The third kappa shape index (κ3) is 3.91. The number of hydrogen-bond acceptors (Lipinski definition) is 3. The SMILES string of the molecule is Cc1cccc(C(=O)O)c1NCCCOc1cccc2ccccc12. The first-order chi connectivity index (χ1) is 12.2. The number of nitrogens with one attached hydrogen (secondary N) is 1. The molecular formula is C21H21NO3. The molecule has 0 saturated heterocycles. The first-order valence-electron chi connectivity index (χ1n) is 8.34. The fourth-order valence-corrected chi connectivity index (χ4v) is 2.87. The number of para-hydroxylation sites is 1. The Kier molecular flexibility index (Phi) is 5.19. The van der Waals surface area contributed by atoms with Crippen LogP contribution in [0.3, 0.4) is 0 Å². The van der Waals surface area contributed by atoms with E-state index in [0.29, 0.717) is 24.4 Å². The molecular weight excluding hydrogens is 314 g/mol. The van der Waals surface area contributed by atoms with Crippen LogP contribution in [0.15, 0.2) is 60.7 Å². The third-order valence-electron chi connectivity index (χ3n) is 4.13. The number of ether oxygens (including phenoxy) is 1. The molecule has 3 aromatic carbocycles. The minimum atomic E-state index is -0.918. The second-order valence-electron chi connectivity index (χ2n) is 5.91. The van der Waals surface area contributed by atoms with Gasteiger partial charge in [-0.05, 0) is 36.4 Å². The van der Waals surface area contributed by atoms with Crippen molar-refractivity contribution in [3.05, 3.63) is 71.8 Å². The van der Waals surface area contributed by atoms with E-state index >= 15 is 0 Å². The lowest BCUT2D eigenvalue weighted by atomic mass is 10.1. The highest BCUT2D eigenvalue weighted by molar-refractivity contribution is 5.95. The maximum absolute atomic E-state index is 11.3. The predicted octanol–water partition coefficient (Wildman–Crippen LogP) is 4.73. The van der Waals surface area contributed by atoms with Crippen LogP contribution in [0, 0.1) is 6.92 Å². The van der Waals surface area contributed by atoms with Crippen LogP contribution in [0.1, 0.15) is 22.3 Å². The Morgan fingerprint density at radius 1 is 1.04 bits per heavy atom. The number of aryl methyl sites for hydroxylation is 1. The maximum atomic E-state index is 11.3. The number of hydrogen-bond donors (Lipinski definition) is 2. The summed E-state index contributed by atoms with van der Waals surface area (Å²) >= 11 is 0. The van der Waals surface area contributed by atoms with E-state index in [2.05, 4.69) is 23.5 Å². The minimum absolute atomic E-state index is 0.301. The number of carboxylic acid groups (broad SMARTS) is 1. The molecule has 3 rings (SSSR count). The smallest absolute Gasteiger partial charge is 0.337 e. The highest BCUT2D eigenvalue weighted by Gasteiger charge is 2.11. The molecule has 4 heteroatoms. The third-order valence-corrected chi connectivity index (χ3v) is 4.13. The number of carboxylic acids is 1. The van der Waals surface area contributed by atoms with Gasteiger partial charge in [-0.3, -0.25) is 0 Å². The summed E-state index contributed by atoms with van der Waals surface area (Å²) in [7, 11) is 0. The molecule has 2 N–H and O–H groups in total. The largest absolute Gasteiger partial charge is 0.493 e. The van der Waals surface area contributed by atoms with Gasteiger partial charge in [0.05, 0.1) is 17.9 Å². The minimum Gasteiger partial charge on any atom is -0.493 e. The first-order valence-corrected chi connectivity index (χ1v) is 8.34. The molecule has 0 unspecified atom stereocenters. The molecule has 0 bridgehead atoms. The number of aromatic carboxylic acids is 1. The van der Waals surface area contributed by atoms with Crippen molar-refractivity contribution in [1.82, 2.24) is 0 Å². The standard InChI is InChI=1S/C21H21NO3/c1-15-7-4-11-18(21(23)24)20(15)22-13-6-14-25-19-12-5-9-16-8-2-3-10-17(16)19/h2-5,7-12,22H,6,13-14H2,1H3,(H,23,24). The maximum Gasteiger partial charge on any atom is 0.337 e. The molecule has 0 aliphatic carbocycles. The summed E-state index contributed by atoms with van der Waals surface area (Å²) in [4.78, 5) is 11.3. The Morgan fingerprint density at radius 3 is 2.64 bits per heavy atom. The molecule has 0 radical (unpaired) electrons. The highest BCUT2D eigenvalue weighted by Crippen LogP contribution is 2.25. The highest BCUT2D eigenvalue weighted by atomic mass is 16.5. The van der Waals surface area contributed by atoms with E-state index in [1.807, 2.05) is 37.3 Å². The molecule has 0 atom stereocenters. The average molecular weight is 335 g/mol. The number of rotatable bonds is 7. The van der Waals surface area contributed by atoms with E-state index in [-0.39, 0.29) is 0 Å². The van der Waals surface area contributed by atoms with Gasteiger partial charge in [-0.2, -0.15) is 0 Å². The molecule has 25 heavy (non-hydrogen) atoms. The van der Waals surface area contributed by atoms with Crippen molar-refractivity contribution in [1.29, 1.82) is 0 Å². The molecule has 0 aliphatic rings. The molecule has 128 valence electrons. The van der Waals surface area contributed by atoms with Crippen LogP contribution in [0.2, 0.25) is 0 Å². The van der Waals surface area contributed by atoms with Gasteiger partial charge < -0.3 is 15.2 Å². The van der Waals surface area contributed by atoms with Crippen molar-refractivity contribution in [2.75, 3.05) is 18.5 Å². The Morgan fingerprint density at radius 2 is 1.80 bits per heavy atom. The summed E-state index contributed by atoms with van der Waals surface area (Å²) in [6, 6.07) is 19.4. The molecule has 0 saturated carbocycles. The van der Waals surface area contributed by atoms with Gasteiger partial charge in [0.15, 0.2) is 0 Å². The van der Waals surface area contributed by atoms with Crippen LogP contribution < -0.4 is 10.1 Å². The van der Waals surface area contributed by atoms with Crippen LogP contribution in [-0.4, -0.2) is 24.2 Å². The zero-order valence-electron chi connectivity index (χ0n) is 14.2. The normalized spacial score (nSPS) is 10.6. The second kappa shape index (κ2) is 7.71. The van der Waals surface area contributed by atoms with Crippen LogP contribution in [0.5, 0.6) is 5.75 Å². The number of carbonyl (C=O) groups is 1. The van der Waals surface area contributed by atoms with Crippen LogP contribution >= 0.6 is 0 Å². The van der Waals surface area contributed by atoms with E-state index in [0.717, 1.165) is 28.5 Å². The van der Waals surface area contributed by atoms with Gasteiger partial charge in [0.25, 0.3) is 0 Å². The summed E-state index contributed by atoms with van der Waals surface area (Å²) in [5.74, 6) is -0.0431. The zero-order valence-corrected chi connectivity index (χ0v) is 14.2. The van der Waals surface area contributed by atoms with E-state index < -0.39 is 5.97 Å². The molecule has 0 heterocycles. The van der Waals surface area contributed by atoms with Gasteiger partial charge in [0.2, 0.25) is 0 Å². The predicted molar refractivity (Wildman–Crippen MR) is 101 cm³/mol. The van der Waals surface area contributed by atoms with Crippen molar-refractivity contribution < 1.29 is 14.6 Å². The zero-order chi connectivity index (χ0) is 17.6. The summed E-state index contributed by atoms with van der Waals surface area (Å²) in [6.07, 6.45) is 0.774. The Labute approximate surface area is 147 Å².